The van der Waals surface area contributed by atoms with Crippen LogP contribution in [0.15, 0.2) is 24.3 Å². The summed E-state index contributed by atoms with van der Waals surface area (Å²) >= 11 is 0. The molecule has 0 heterocycles. The number of nitrogens with zero attached hydrogens (tertiary/aromatic N) is 1. The predicted molar refractivity (Wildman–Crippen MR) is 66.9 cm³/mol. The Morgan fingerprint density at radius 3 is 2.41 bits per heavy atom. The zero-order valence-corrected chi connectivity index (χ0v) is 10.1. The molecule has 5 nitrogen and oxygen atoms in total. The molecular formula is C12H19N3O2. The normalized spacial score (nSPS) is 10.0. The minimum atomic E-state index is -0.427. The highest BCUT2D eigenvalue weighted by Gasteiger charge is 2.07. The molecule has 0 saturated carbocycles. The highest BCUT2D eigenvalue weighted by Crippen LogP contribution is 2.11. The molecule has 1 aromatic rings. The van der Waals surface area contributed by atoms with Gasteiger partial charge in [0.1, 0.15) is 5.75 Å². The third kappa shape index (κ3) is 4.32. The third-order valence-corrected chi connectivity index (χ3v) is 2.54. The van der Waals surface area contributed by atoms with E-state index in [9.17, 15) is 4.79 Å². The van der Waals surface area contributed by atoms with Gasteiger partial charge in [-0.05, 0) is 24.1 Å². The van der Waals surface area contributed by atoms with E-state index >= 15 is 0 Å². The van der Waals surface area contributed by atoms with E-state index in [0.717, 1.165) is 17.7 Å². The lowest BCUT2D eigenvalue weighted by molar-refractivity contribution is 0.209. The fraction of sp³-hybridized carbons (Fsp3) is 0.417. The number of methoxy groups -OCH3 is 1. The second-order valence-electron chi connectivity index (χ2n) is 3.71. The molecule has 0 atom stereocenters. The molecule has 0 aromatic heterocycles. The van der Waals surface area contributed by atoms with Crippen molar-refractivity contribution >= 4 is 6.03 Å². The SMILES string of the molecule is COc1ccc(CCN(CCN)C(N)=O)cc1. The Morgan fingerprint density at radius 1 is 1.29 bits per heavy atom. The Kier molecular flexibility index (Phi) is 5.29. The molecule has 4 N–H and O–H groups in total. The average molecular weight is 237 g/mol. The largest absolute Gasteiger partial charge is 0.497 e. The number of nitrogens with two attached hydrogens (primary N) is 2. The molecule has 0 saturated heterocycles. The zero-order chi connectivity index (χ0) is 12.7. The average Bonchev–Trinajstić information content (AvgIpc) is 2.34. The van der Waals surface area contributed by atoms with Crippen molar-refractivity contribution < 1.29 is 9.53 Å². The number of carbonyl (C=O) groups excluding carboxylic acids is 1. The first-order valence-corrected chi connectivity index (χ1v) is 5.54. The summed E-state index contributed by atoms with van der Waals surface area (Å²) < 4.78 is 5.07. The highest BCUT2D eigenvalue weighted by atomic mass is 16.5. The van der Waals surface area contributed by atoms with Gasteiger partial charge in [-0.3, -0.25) is 0 Å². The van der Waals surface area contributed by atoms with Gasteiger partial charge in [0, 0.05) is 19.6 Å². The molecule has 17 heavy (non-hydrogen) atoms. The van der Waals surface area contributed by atoms with Crippen LogP contribution in [0, 0.1) is 0 Å². The predicted octanol–water partition coefficient (Wildman–Crippen LogP) is 0.577. The van der Waals surface area contributed by atoms with E-state index in [1.165, 1.54) is 0 Å². The van der Waals surface area contributed by atoms with Crippen LogP contribution >= 0.6 is 0 Å². The van der Waals surface area contributed by atoms with Gasteiger partial charge >= 0.3 is 6.03 Å². The molecule has 94 valence electrons. The smallest absolute Gasteiger partial charge is 0.314 e. The van der Waals surface area contributed by atoms with Crippen LogP contribution in [-0.4, -0.2) is 37.7 Å². The summed E-state index contributed by atoms with van der Waals surface area (Å²) in [6, 6.07) is 7.31. The standard InChI is InChI=1S/C12H19N3O2/c1-17-11-4-2-10(3-5-11)6-8-15(9-7-13)12(14)16/h2-5H,6-9,13H2,1H3,(H2,14,16). The number of ether oxygens (including phenoxy) is 1. The number of rotatable bonds is 6. The molecule has 0 aliphatic carbocycles. The lowest BCUT2D eigenvalue weighted by atomic mass is 10.1. The van der Waals surface area contributed by atoms with Gasteiger partial charge in [0.25, 0.3) is 0 Å². The van der Waals surface area contributed by atoms with Crippen molar-refractivity contribution in [2.24, 2.45) is 11.5 Å². The van der Waals surface area contributed by atoms with Crippen LogP contribution in [0.3, 0.4) is 0 Å². The fourth-order valence-corrected chi connectivity index (χ4v) is 1.54. The summed E-state index contributed by atoms with van der Waals surface area (Å²) in [5.74, 6) is 0.822. The summed E-state index contributed by atoms with van der Waals surface area (Å²) in [4.78, 5) is 12.6. The second-order valence-corrected chi connectivity index (χ2v) is 3.71. The summed E-state index contributed by atoms with van der Waals surface area (Å²) in [6.07, 6.45) is 0.757. The van der Waals surface area contributed by atoms with E-state index in [0.29, 0.717) is 19.6 Å². The Balaban J connectivity index is 2.50. The summed E-state index contributed by atoms with van der Waals surface area (Å²) in [7, 11) is 1.63. The van der Waals surface area contributed by atoms with E-state index in [2.05, 4.69) is 0 Å². The van der Waals surface area contributed by atoms with E-state index < -0.39 is 6.03 Å². The van der Waals surface area contributed by atoms with Gasteiger partial charge < -0.3 is 21.1 Å². The lowest BCUT2D eigenvalue weighted by Gasteiger charge is -2.19. The molecule has 0 bridgehead atoms. The number of benzene rings is 1. The number of primary amides is 1. The molecule has 2 amide bonds. The van der Waals surface area contributed by atoms with Gasteiger partial charge in [-0.15, -0.1) is 0 Å². The van der Waals surface area contributed by atoms with Gasteiger partial charge in [0.15, 0.2) is 0 Å². The quantitative estimate of drug-likeness (QED) is 0.759. The highest BCUT2D eigenvalue weighted by molar-refractivity contribution is 5.71. The second kappa shape index (κ2) is 6.75. The minimum absolute atomic E-state index is 0.422. The number of amides is 2. The van der Waals surface area contributed by atoms with Crippen molar-refractivity contribution in [3.05, 3.63) is 29.8 Å². The van der Waals surface area contributed by atoms with Crippen LogP contribution in [0.4, 0.5) is 4.79 Å². The monoisotopic (exact) mass is 237 g/mol. The van der Waals surface area contributed by atoms with E-state index in [1.54, 1.807) is 12.0 Å². The van der Waals surface area contributed by atoms with Gasteiger partial charge in [-0.1, -0.05) is 12.1 Å². The van der Waals surface area contributed by atoms with Gasteiger partial charge in [0.2, 0.25) is 0 Å². The van der Waals surface area contributed by atoms with Crippen molar-refractivity contribution in [2.75, 3.05) is 26.7 Å². The molecule has 0 aliphatic heterocycles. The van der Waals surface area contributed by atoms with Crippen LogP contribution in [0.1, 0.15) is 5.56 Å². The number of hydrogen-bond acceptors (Lipinski definition) is 3. The van der Waals surface area contributed by atoms with Gasteiger partial charge in [-0.25, -0.2) is 4.79 Å². The topological polar surface area (TPSA) is 81.6 Å². The van der Waals surface area contributed by atoms with Gasteiger partial charge in [0.05, 0.1) is 7.11 Å². The molecule has 1 rings (SSSR count). The molecule has 0 fully saturated rings. The Hall–Kier alpha value is -1.75. The number of urea groups is 1. The minimum Gasteiger partial charge on any atom is -0.497 e. The third-order valence-electron chi connectivity index (χ3n) is 2.54. The fourth-order valence-electron chi connectivity index (χ4n) is 1.54. The summed E-state index contributed by atoms with van der Waals surface area (Å²) in [5, 5.41) is 0. The van der Waals surface area contributed by atoms with Crippen molar-refractivity contribution in [1.82, 2.24) is 4.90 Å². The van der Waals surface area contributed by atoms with Crippen LogP contribution in [0.25, 0.3) is 0 Å². The number of carbonyl (C=O) groups is 1. The summed E-state index contributed by atoms with van der Waals surface area (Å²) in [6.45, 7) is 1.50. The maximum Gasteiger partial charge on any atom is 0.314 e. The maximum atomic E-state index is 11.1. The molecule has 0 aliphatic rings. The van der Waals surface area contributed by atoms with Crippen molar-refractivity contribution in [2.45, 2.75) is 6.42 Å². The molecule has 0 radical (unpaired) electrons. The van der Waals surface area contributed by atoms with E-state index in [4.69, 9.17) is 16.2 Å². The Bertz CT molecular complexity index is 351. The Morgan fingerprint density at radius 2 is 1.94 bits per heavy atom. The summed E-state index contributed by atoms with van der Waals surface area (Å²) in [5.41, 5.74) is 11.8. The number of hydrogen-bond donors (Lipinski definition) is 2. The van der Waals surface area contributed by atoms with Crippen molar-refractivity contribution in [3.63, 3.8) is 0 Å². The first-order valence-electron chi connectivity index (χ1n) is 5.54. The van der Waals surface area contributed by atoms with E-state index in [1.807, 2.05) is 24.3 Å². The van der Waals surface area contributed by atoms with E-state index in [-0.39, 0.29) is 0 Å². The first-order chi connectivity index (χ1) is 8.17. The molecule has 0 unspecified atom stereocenters. The Labute approximate surface area is 101 Å². The molecule has 1 aromatic carbocycles. The van der Waals surface area contributed by atoms with Crippen LogP contribution in [0.2, 0.25) is 0 Å². The van der Waals surface area contributed by atoms with Crippen molar-refractivity contribution in [1.29, 1.82) is 0 Å². The van der Waals surface area contributed by atoms with Crippen LogP contribution in [-0.2, 0) is 6.42 Å². The molecule has 5 heteroatoms. The molecular weight excluding hydrogens is 218 g/mol. The van der Waals surface area contributed by atoms with Crippen LogP contribution in [0.5, 0.6) is 5.75 Å². The first kappa shape index (κ1) is 13.3. The molecule has 0 spiro atoms. The zero-order valence-electron chi connectivity index (χ0n) is 10.1. The van der Waals surface area contributed by atoms with Crippen molar-refractivity contribution in [3.8, 4) is 5.75 Å². The maximum absolute atomic E-state index is 11.1. The lowest BCUT2D eigenvalue weighted by Crippen LogP contribution is -2.40. The van der Waals surface area contributed by atoms with Crippen LogP contribution < -0.4 is 16.2 Å². The van der Waals surface area contributed by atoms with Gasteiger partial charge in [-0.2, -0.15) is 0 Å².